The Kier molecular flexibility index (Phi) is 5.01. The number of aromatic nitrogens is 2. The molecular formula is C26H20FN3O3. The summed E-state index contributed by atoms with van der Waals surface area (Å²) in [6.07, 6.45) is 3.16. The summed E-state index contributed by atoms with van der Waals surface area (Å²) in [5.74, 6) is -1.45. The van der Waals surface area contributed by atoms with Crippen molar-refractivity contribution < 1.29 is 18.7 Å². The summed E-state index contributed by atoms with van der Waals surface area (Å²) in [7, 11) is 0. The maximum atomic E-state index is 14.5. The van der Waals surface area contributed by atoms with E-state index in [1.807, 2.05) is 26.0 Å². The summed E-state index contributed by atoms with van der Waals surface area (Å²) in [6, 6.07) is 15.0. The quantitative estimate of drug-likeness (QED) is 0.330. The predicted octanol–water partition coefficient (Wildman–Crippen LogP) is 6.36. The average Bonchev–Trinajstić information content (AvgIpc) is 3.18. The number of carbonyl (C=O) groups is 1. The Morgan fingerprint density at radius 1 is 1.06 bits per heavy atom. The van der Waals surface area contributed by atoms with Crippen LogP contribution in [0.4, 0.5) is 10.1 Å². The highest BCUT2D eigenvalue weighted by molar-refractivity contribution is 6.08. The van der Waals surface area contributed by atoms with Gasteiger partial charge in [0, 0.05) is 34.6 Å². The number of aromatic carboxylic acids is 1. The van der Waals surface area contributed by atoms with Gasteiger partial charge in [-0.05, 0) is 55.8 Å². The lowest BCUT2D eigenvalue weighted by Crippen LogP contribution is -2.11. The van der Waals surface area contributed by atoms with Gasteiger partial charge in [0.05, 0.1) is 11.6 Å². The summed E-state index contributed by atoms with van der Waals surface area (Å²) in [6.45, 7) is 3.91. The number of aryl methyl sites for hydroxylation is 1. The molecule has 0 spiro atoms. The lowest BCUT2D eigenvalue weighted by molar-refractivity contribution is 0.0698. The molecule has 164 valence electrons. The van der Waals surface area contributed by atoms with Crippen LogP contribution in [0, 0.1) is 12.7 Å². The van der Waals surface area contributed by atoms with Crippen molar-refractivity contribution in [3.8, 4) is 11.3 Å². The smallest absolute Gasteiger partial charge is 0.337 e. The Morgan fingerprint density at radius 3 is 2.67 bits per heavy atom. The number of hydrogen-bond acceptors (Lipinski definition) is 5. The molecule has 0 aliphatic carbocycles. The molecule has 1 atom stereocenters. The molecule has 0 amide bonds. The fraction of sp³-hybridized carbons (Fsp3) is 0.115. The van der Waals surface area contributed by atoms with Crippen LogP contribution in [-0.2, 0) is 0 Å². The highest BCUT2D eigenvalue weighted by atomic mass is 19.1. The van der Waals surface area contributed by atoms with Gasteiger partial charge in [0.15, 0.2) is 5.58 Å². The van der Waals surface area contributed by atoms with Crippen LogP contribution in [0.2, 0.25) is 0 Å². The van der Waals surface area contributed by atoms with Crippen molar-refractivity contribution in [2.24, 2.45) is 0 Å². The lowest BCUT2D eigenvalue weighted by atomic mass is 10.0. The first kappa shape index (κ1) is 20.6. The van der Waals surface area contributed by atoms with Crippen LogP contribution < -0.4 is 5.32 Å². The molecule has 5 rings (SSSR count). The highest BCUT2D eigenvalue weighted by Gasteiger charge is 2.21. The van der Waals surface area contributed by atoms with Gasteiger partial charge in [0.25, 0.3) is 0 Å². The molecule has 0 radical (unpaired) electrons. The van der Waals surface area contributed by atoms with E-state index < -0.39 is 11.8 Å². The molecule has 5 aromatic rings. The van der Waals surface area contributed by atoms with Crippen LogP contribution in [0.15, 0.2) is 71.4 Å². The van der Waals surface area contributed by atoms with Crippen LogP contribution in [-0.4, -0.2) is 21.0 Å². The first-order valence-electron chi connectivity index (χ1n) is 10.5. The van der Waals surface area contributed by atoms with Crippen molar-refractivity contribution in [1.29, 1.82) is 0 Å². The molecule has 0 aliphatic heterocycles. The molecule has 0 fully saturated rings. The number of pyridine rings is 2. The lowest BCUT2D eigenvalue weighted by Gasteiger charge is -2.18. The number of furan rings is 1. The third-order valence-electron chi connectivity index (χ3n) is 5.64. The van der Waals surface area contributed by atoms with Crippen molar-refractivity contribution in [3.63, 3.8) is 0 Å². The molecule has 0 bridgehead atoms. The van der Waals surface area contributed by atoms with Crippen molar-refractivity contribution >= 4 is 33.7 Å². The van der Waals surface area contributed by atoms with Gasteiger partial charge in [-0.25, -0.2) is 9.18 Å². The van der Waals surface area contributed by atoms with Crippen LogP contribution in [0.25, 0.3) is 33.3 Å². The van der Waals surface area contributed by atoms with Crippen molar-refractivity contribution in [1.82, 2.24) is 9.97 Å². The molecule has 0 saturated carbocycles. The van der Waals surface area contributed by atoms with Gasteiger partial charge in [0.1, 0.15) is 22.6 Å². The fourth-order valence-corrected chi connectivity index (χ4v) is 4.13. The molecule has 0 unspecified atom stereocenters. The minimum Gasteiger partial charge on any atom is -0.478 e. The van der Waals surface area contributed by atoms with E-state index in [4.69, 9.17) is 4.42 Å². The number of nitrogens with one attached hydrogen (secondary N) is 1. The highest BCUT2D eigenvalue weighted by Crippen LogP contribution is 2.38. The summed E-state index contributed by atoms with van der Waals surface area (Å²) in [4.78, 5) is 20.3. The van der Waals surface area contributed by atoms with Crippen LogP contribution in [0.5, 0.6) is 0 Å². The maximum absolute atomic E-state index is 14.5. The fourth-order valence-electron chi connectivity index (χ4n) is 4.13. The molecule has 0 aliphatic rings. The number of fused-ring (bicyclic) bond motifs is 3. The van der Waals surface area contributed by atoms with Gasteiger partial charge >= 0.3 is 5.97 Å². The zero-order valence-corrected chi connectivity index (χ0v) is 18.0. The molecular weight excluding hydrogens is 421 g/mol. The number of hydrogen-bond donors (Lipinski definition) is 2. The molecule has 0 saturated heterocycles. The number of halogens is 1. The Balaban J connectivity index is 1.68. The summed E-state index contributed by atoms with van der Waals surface area (Å²) < 4.78 is 20.8. The van der Waals surface area contributed by atoms with E-state index in [0.717, 1.165) is 16.5 Å². The summed E-state index contributed by atoms with van der Waals surface area (Å²) in [5, 5.41) is 13.6. The minimum atomic E-state index is -1.00. The third-order valence-corrected chi connectivity index (χ3v) is 5.64. The molecule has 33 heavy (non-hydrogen) atoms. The van der Waals surface area contributed by atoms with Gasteiger partial charge in [-0.2, -0.15) is 0 Å². The topological polar surface area (TPSA) is 88.2 Å². The zero-order valence-electron chi connectivity index (χ0n) is 18.0. The summed E-state index contributed by atoms with van der Waals surface area (Å²) in [5.41, 5.74) is 4.95. The molecule has 6 nitrogen and oxygen atoms in total. The van der Waals surface area contributed by atoms with Gasteiger partial charge in [-0.15, -0.1) is 0 Å². The molecule has 2 N–H and O–H groups in total. The Bertz CT molecular complexity index is 1530. The number of carboxylic acids is 1. The Morgan fingerprint density at radius 2 is 1.88 bits per heavy atom. The second kappa shape index (κ2) is 8.02. The van der Waals surface area contributed by atoms with Gasteiger partial charge in [-0.3, -0.25) is 9.97 Å². The van der Waals surface area contributed by atoms with Crippen molar-refractivity contribution in [3.05, 3.63) is 89.5 Å². The molecule has 2 aromatic carbocycles. The SMILES string of the molecule is Cc1cc([C@@H](C)Nc2ccccc2C(=O)O)c2oc3c(-c4ncccc4F)ccnc3c2c1. The standard InChI is InChI=1S/C26H20FN3O3/c1-14-12-18(15(2)30-21-8-4-3-6-16(21)26(31)32)24-19(13-14)23-25(33-24)17(9-11-29-23)22-20(27)7-5-10-28-22/h3-13,15,30H,1-2H3,(H,31,32)/t15-/m1/s1. The first-order chi connectivity index (χ1) is 15.9. The molecule has 3 aromatic heterocycles. The van der Waals surface area contributed by atoms with Crippen molar-refractivity contribution in [2.75, 3.05) is 5.32 Å². The van der Waals surface area contributed by atoms with E-state index in [9.17, 15) is 14.3 Å². The van der Waals surface area contributed by atoms with Crippen LogP contribution in [0.1, 0.15) is 34.5 Å². The Labute approximate surface area is 188 Å². The second-order valence-electron chi connectivity index (χ2n) is 7.92. The minimum absolute atomic E-state index is 0.187. The average molecular weight is 441 g/mol. The zero-order chi connectivity index (χ0) is 23.1. The van der Waals surface area contributed by atoms with E-state index in [1.165, 1.54) is 12.3 Å². The van der Waals surface area contributed by atoms with E-state index in [1.54, 1.807) is 42.6 Å². The number of nitrogens with zero attached hydrogens (tertiary/aromatic N) is 2. The van der Waals surface area contributed by atoms with E-state index in [2.05, 4.69) is 15.3 Å². The number of carboxylic acid groups (broad SMARTS) is 1. The number of para-hydroxylation sites is 1. The maximum Gasteiger partial charge on any atom is 0.337 e. The second-order valence-corrected chi connectivity index (χ2v) is 7.92. The first-order valence-corrected chi connectivity index (χ1v) is 10.5. The third kappa shape index (κ3) is 3.57. The number of anilines is 1. The molecule has 7 heteroatoms. The van der Waals surface area contributed by atoms with E-state index in [-0.39, 0.29) is 17.3 Å². The van der Waals surface area contributed by atoms with Crippen LogP contribution in [0.3, 0.4) is 0 Å². The van der Waals surface area contributed by atoms with Crippen molar-refractivity contribution in [2.45, 2.75) is 19.9 Å². The van der Waals surface area contributed by atoms with Gasteiger partial charge in [-0.1, -0.05) is 18.2 Å². The van der Waals surface area contributed by atoms with E-state index in [0.29, 0.717) is 27.9 Å². The van der Waals surface area contributed by atoms with E-state index >= 15 is 0 Å². The molecule has 3 heterocycles. The normalized spacial score (nSPS) is 12.2. The van der Waals surface area contributed by atoms with Gasteiger partial charge < -0.3 is 14.8 Å². The summed E-state index contributed by atoms with van der Waals surface area (Å²) >= 11 is 0. The monoisotopic (exact) mass is 441 g/mol. The Hall–Kier alpha value is -4.26. The van der Waals surface area contributed by atoms with Gasteiger partial charge in [0.2, 0.25) is 0 Å². The van der Waals surface area contributed by atoms with Crippen LogP contribution >= 0.6 is 0 Å². The number of benzene rings is 2. The number of rotatable bonds is 5. The predicted molar refractivity (Wildman–Crippen MR) is 125 cm³/mol. The largest absolute Gasteiger partial charge is 0.478 e.